The van der Waals surface area contributed by atoms with Gasteiger partial charge in [-0.3, -0.25) is 0 Å². The average Bonchev–Trinajstić information content (AvgIpc) is 3.50. The van der Waals surface area contributed by atoms with Crippen molar-refractivity contribution in [2.24, 2.45) is 0 Å². The molecule has 28 heavy (non-hydrogen) atoms. The highest BCUT2D eigenvalue weighted by atomic mass is 16.5. The second-order valence-electron chi connectivity index (χ2n) is 7.80. The van der Waals surface area contributed by atoms with Gasteiger partial charge in [0.2, 0.25) is 0 Å². The molecule has 5 nitrogen and oxygen atoms in total. The third-order valence-electron chi connectivity index (χ3n) is 4.86. The van der Waals surface area contributed by atoms with Crippen LogP contribution in [0.4, 0.5) is 4.79 Å². The topological polar surface area (TPSA) is 44.8 Å². The molecule has 0 heterocycles. The Kier molecular flexibility index (Phi) is 6.93. The van der Waals surface area contributed by atoms with Crippen LogP contribution in [0.25, 0.3) is 0 Å². The number of likely N-dealkylation sites (N-methyl/N-ethyl adjacent to an activating group) is 1. The summed E-state index contributed by atoms with van der Waals surface area (Å²) in [5, 5.41) is 3.07. The first kappa shape index (κ1) is 20.2. The Morgan fingerprint density at radius 2 is 1.86 bits per heavy atom. The number of amides is 2. The van der Waals surface area contributed by atoms with Gasteiger partial charge in [-0.15, -0.1) is 0 Å². The lowest BCUT2D eigenvalue weighted by Crippen LogP contribution is -2.40. The fraction of sp³-hybridized carbons (Fsp3) is 0.435. The molecule has 3 rings (SSSR count). The highest BCUT2D eigenvalue weighted by Crippen LogP contribution is 2.28. The molecular formula is C23H31N3O2. The van der Waals surface area contributed by atoms with Gasteiger partial charge in [0.15, 0.2) is 0 Å². The van der Waals surface area contributed by atoms with Crippen molar-refractivity contribution in [1.82, 2.24) is 15.1 Å². The van der Waals surface area contributed by atoms with E-state index >= 15 is 0 Å². The molecule has 5 heteroatoms. The Balaban J connectivity index is 1.50. The summed E-state index contributed by atoms with van der Waals surface area (Å²) in [6.45, 7) is 4.82. The number of carbonyl (C=O) groups excluding carboxylic acids is 1. The molecule has 2 amide bonds. The minimum atomic E-state index is 0.00955. The summed E-state index contributed by atoms with van der Waals surface area (Å²) in [6.07, 6.45) is 2.19. The first-order chi connectivity index (χ1) is 13.5. The normalized spacial score (nSPS) is 13.4. The van der Waals surface area contributed by atoms with Crippen LogP contribution in [0.2, 0.25) is 0 Å². The van der Waals surface area contributed by atoms with E-state index in [1.165, 1.54) is 11.1 Å². The largest absolute Gasteiger partial charge is 0.492 e. The third kappa shape index (κ3) is 6.27. The lowest BCUT2D eigenvalue weighted by atomic mass is 10.1. The molecule has 150 valence electrons. The minimum absolute atomic E-state index is 0.00955. The maximum Gasteiger partial charge on any atom is 0.318 e. The van der Waals surface area contributed by atoms with E-state index in [0.717, 1.165) is 30.7 Å². The summed E-state index contributed by atoms with van der Waals surface area (Å²) in [6, 6.07) is 16.7. The number of rotatable bonds is 9. The summed E-state index contributed by atoms with van der Waals surface area (Å²) in [7, 11) is 4.05. The Morgan fingerprint density at radius 3 is 2.50 bits per heavy atom. The molecule has 0 bridgehead atoms. The number of hydrogen-bond donors (Lipinski definition) is 1. The van der Waals surface area contributed by atoms with Crippen LogP contribution in [0.15, 0.2) is 48.5 Å². The quantitative estimate of drug-likeness (QED) is 0.718. The number of nitrogens with one attached hydrogen (secondary N) is 1. The smallest absolute Gasteiger partial charge is 0.318 e. The fourth-order valence-corrected chi connectivity index (χ4v) is 3.09. The van der Waals surface area contributed by atoms with Gasteiger partial charge < -0.3 is 19.9 Å². The summed E-state index contributed by atoms with van der Waals surface area (Å²) in [4.78, 5) is 16.8. The van der Waals surface area contributed by atoms with Crippen LogP contribution in [0, 0.1) is 6.92 Å². The molecule has 0 radical (unpaired) electrons. The van der Waals surface area contributed by atoms with Crippen LogP contribution in [0.5, 0.6) is 5.75 Å². The van der Waals surface area contributed by atoms with Crippen molar-refractivity contribution in [1.29, 1.82) is 0 Å². The van der Waals surface area contributed by atoms with Crippen molar-refractivity contribution < 1.29 is 9.53 Å². The number of urea groups is 1. The predicted octanol–water partition coefficient (Wildman–Crippen LogP) is 3.81. The molecule has 2 aromatic rings. The van der Waals surface area contributed by atoms with Crippen LogP contribution in [-0.2, 0) is 13.1 Å². The van der Waals surface area contributed by atoms with Gasteiger partial charge in [0.25, 0.3) is 0 Å². The molecule has 0 spiro atoms. The summed E-state index contributed by atoms with van der Waals surface area (Å²) in [5.74, 6) is 0.857. The molecule has 1 saturated carbocycles. The maximum absolute atomic E-state index is 12.7. The maximum atomic E-state index is 12.7. The van der Waals surface area contributed by atoms with E-state index in [4.69, 9.17) is 4.74 Å². The van der Waals surface area contributed by atoms with Crippen LogP contribution in [0.3, 0.4) is 0 Å². The summed E-state index contributed by atoms with van der Waals surface area (Å²) >= 11 is 0. The molecule has 1 aliphatic rings. The average molecular weight is 382 g/mol. The van der Waals surface area contributed by atoms with Crippen molar-refractivity contribution in [3.63, 3.8) is 0 Å². The predicted molar refractivity (Wildman–Crippen MR) is 112 cm³/mol. The zero-order chi connectivity index (χ0) is 19.9. The summed E-state index contributed by atoms with van der Waals surface area (Å²) < 4.78 is 5.71. The van der Waals surface area contributed by atoms with Gasteiger partial charge in [0.1, 0.15) is 12.4 Å². The molecule has 0 aromatic heterocycles. The lowest BCUT2D eigenvalue weighted by Gasteiger charge is -2.23. The molecule has 0 unspecified atom stereocenters. The van der Waals surface area contributed by atoms with E-state index in [2.05, 4.69) is 41.4 Å². The van der Waals surface area contributed by atoms with Crippen molar-refractivity contribution in [2.75, 3.05) is 27.2 Å². The standard InChI is InChI=1S/C23H31N3O2/c1-18-5-4-6-20(15-18)17-26(21-9-10-21)23(27)24-16-19-7-11-22(12-8-19)28-14-13-25(2)3/h4-8,11-12,15,21H,9-10,13-14,16-17H2,1-3H3,(H,24,27). The second-order valence-corrected chi connectivity index (χ2v) is 7.80. The number of carbonyl (C=O) groups is 1. The molecule has 0 saturated heterocycles. The highest BCUT2D eigenvalue weighted by Gasteiger charge is 2.32. The van der Waals surface area contributed by atoms with Gasteiger partial charge in [-0.25, -0.2) is 4.79 Å². The van der Waals surface area contributed by atoms with E-state index < -0.39 is 0 Å². The first-order valence-corrected chi connectivity index (χ1v) is 9.98. The van der Waals surface area contributed by atoms with E-state index in [1.54, 1.807) is 0 Å². The lowest BCUT2D eigenvalue weighted by molar-refractivity contribution is 0.191. The van der Waals surface area contributed by atoms with E-state index in [1.807, 2.05) is 43.3 Å². The van der Waals surface area contributed by atoms with Crippen molar-refractivity contribution in [2.45, 2.75) is 38.9 Å². The number of nitrogens with zero attached hydrogens (tertiary/aromatic N) is 2. The van der Waals surface area contributed by atoms with Gasteiger partial charge in [0.05, 0.1) is 0 Å². The molecule has 2 aromatic carbocycles. The summed E-state index contributed by atoms with van der Waals surface area (Å²) in [5.41, 5.74) is 3.47. The Morgan fingerprint density at radius 1 is 1.11 bits per heavy atom. The first-order valence-electron chi connectivity index (χ1n) is 9.98. The number of aryl methyl sites for hydroxylation is 1. The monoisotopic (exact) mass is 381 g/mol. The van der Waals surface area contributed by atoms with E-state index in [0.29, 0.717) is 25.7 Å². The van der Waals surface area contributed by atoms with Crippen molar-refractivity contribution in [3.05, 3.63) is 65.2 Å². The molecule has 1 aliphatic carbocycles. The third-order valence-corrected chi connectivity index (χ3v) is 4.86. The molecule has 0 atom stereocenters. The SMILES string of the molecule is Cc1cccc(CN(C(=O)NCc2ccc(OCCN(C)C)cc2)C2CC2)c1. The van der Waals surface area contributed by atoms with Crippen LogP contribution in [0.1, 0.15) is 29.5 Å². The second kappa shape index (κ2) is 9.60. The van der Waals surface area contributed by atoms with Gasteiger partial charge in [-0.1, -0.05) is 42.0 Å². The van der Waals surface area contributed by atoms with E-state index in [9.17, 15) is 4.79 Å². The van der Waals surface area contributed by atoms with Crippen LogP contribution < -0.4 is 10.1 Å². The van der Waals surface area contributed by atoms with E-state index in [-0.39, 0.29) is 6.03 Å². The van der Waals surface area contributed by atoms with Gasteiger partial charge in [-0.2, -0.15) is 0 Å². The Hall–Kier alpha value is -2.53. The van der Waals surface area contributed by atoms with Gasteiger partial charge in [0, 0.05) is 25.7 Å². The van der Waals surface area contributed by atoms with Gasteiger partial charge >= 0.3 is 6.03 Å². The highest BCUT2D eigenvalue weighted by molar-refractivity contribution is 5.75. The molecular weight excluding hydrogens is 350 g/mol. The van der Waals surface area contributed by atoms with Crippen LogP contribution >= 0.6 is 0 Å². The molecule has 0 aliphatic heterocycles. The molecule has 1 N–H and O–H groups in total. The Bertz CT molecular complexity index is 770. The minimum Gasteiger partial charge on any atom is -0.492 e. The number of ether oxygens (including phenoxy) is 1. The zero-order valence-electron chi connectivity index (χ0n) is 17.1. The van der Waals surface area contributed by atoms with Crippen molar-refractivity contribution >= 4 is 6.03 Å². The Labute approximate surface area is 168 Å². The fourth-order valence-electron chi connectivity index (χ4n) is 3.09. The zero-order valence-corrected chi connectivity index (χ0v) is 17.1. The number of benzene rings is 2. The van der Waals surface area contributed by atoms with Crippen LogP contribution in [-0.4, -0.2) is 49.1 Å². The van der Waals surface area contributed by atoms with Gasteiger partial charge in [-0.05, 0) is 57.1 Å². The van der Waals surface area contributed by atoms with Crippen molar-refractivity contribution in [3.8, 4) is 5.75 Å². The number of hydrogen-bond acceptors (Lipinski definition) is 3. The molecule has 1 fully saturated rings.